The number of nitrogens with zero attached hydrogens (tertiary/aromatic N) is 2. The molecule has 6 heteroatoms. The molecular weight excluding hydrogens is 234 g/mol. The minimum Gasteiger partial charge on any atom is -0.483 e. The second-order valence-electron chi connectivity index (χ2n) is 3.48. The summed E-state index contributed by atoms with van der Waals surface area (Å²) >= 11 is 0. The third-order valence-corrected chi connectivity index (χ3v) is 2.24. The Kier molecular flexibility index (Phi) is 3.38. The Morgan fingerprint density at radius 3 is 2.67 bits per heavy atom. The van der Waals surface area contributed by atoms with Crippen LogP contribution in [0, 0.1) is 0 Å². The molecule has 0 saturated carbocycles. The van der Waals surface area contributed by atoms with E-state index >= 15 is 0 Å². The maximum Gasteiger partial charge on any atom is 0.339 e. The number of para-hydroxylation sites is 1. The molecule has 0 saturated heterocycles. The number of benzene rings is 1. The van der Waals surface area contributed by atoms with Crippen molar-refractivity contribution >= 4 is 11.7 Å². The first-order valence-electron chi connectivity index (χ1n) is 5.19. The molecule has 0 fully saturated rings. The Labute approximate surface area is 103 Å². The second-order valence-corrected chi connectivity index (χ2v) is 3.48. The predicted molar refractivity (Wildman–Crippen MR) is 64.2 cm³/mol. The number of nitrogens with two attached hydrogens (primary N) is 1. The Morgan fingerprint density at radius 1 is 1.28 bits per heavy atom. The molecule has 0 bridgehead atoms. The zero-order valence-electron chi connectivity index (χ0n) is 9.41. The van der Waals surface area contributed by atoms with Crippen molar-refractivity contribution in [1.29, 1.82) is 0 Å². The molecule has 0 unspecified atom stereocenters. The van der Waals surface area contributed by atoms with Gasteiger partial charge in [-0.3, -0.25) is 0 Å². The van der Waals surface area contributed by atoms with Gasteiger partial charge >= 0.3 is 5.97 Å². The summed E-state index contributed by atoms with van der Waals surface area (Å²) in [5.41, 5.74) is 5.98. The highest BCUT2D eigenvalue weighted by Crippen LogP contribution is 2.26. The predicted octanol–water partition coefficient (Wildman–Crippen LogP) is 1.34. The van der Waals surface area contributed by atoms with Gasteiger partial charge in [0.15, 0.2) is 11.6 Å². The summed E-state index contributed by atoms with van der Waals surface area (Å²) in [4.78, 5) is 19.0. The minimum absolute atomic E-state index is 0.0194. The molecule has 1 heterocycles. The van der Waals surface area contributed by atoms with E-state index in [1.54, 1.807) is 30.6 Å². The first-order chi connectivity index (χ1) is 8.68. The fourth-order valence-corrected chi connectivity index (χ4v) is 1.43. The third kappa shape index (κ3) is 2.54. The summed E-state index contributed by atoms with van der Waals surface area (Å²) in [6, 6.07) is 6.25. The van der Waals surface area contributed by atoms with Gasteiger partial charge < -0.3 is 15.6 Å². The van der Waals surface area contributed by atoms with Gasteiger partial charge in [0.1, 0.15) is 12.2 Å². The van der Waals surface area contributed by atoms with Gasteiger partial charge in [0.2, 0.25) is 0 Å². The largest absolute Gasteiger partial charge is 0.483 e. The topological polar surface area (TPSA) is 98.3 Å². The lowest BCUT2D eigenvalue weighted by Gasteiger charge is -2.10. The van der Waals surface area contributed by atoms with Gasteiger partial charge in [-0.1, -0.05) is 6.07 Å². The maximum atomic E-state index is 11.0. The molecule has 0 atom stereocenters. The number of carboxylic acid groups (broad SMARTS) is 1. The van der Waals surface area contributed by atoms with Crippen LogP contribution in [-0.4, -0.2) is 21.0 Å². The van der Waals surface area contributed by atoms with E-state index in [0.717, 1.165) is 0 Å². The van der Waals surface area contributed by atoms with Crippen LogP contribution in [0.3, 0.4) is 0 Å². The van der Waals surface area contributed by atoms with Gasteiger partial charge in [-0.05, 0) is 18.2 Å². The quantitative estimate of drug-likeness (QED) is 0.788. The summed E-state index contributed by atoms with van der Waals surface area (Å²) in [5.74, 6) is -0.499. The van der Waals surface area contributed by atoms with E-state index in [0.29, 0.717) is 5.82 Å². The van der Waals surface area contributed by atoms with Crippen LogP contribution in [0.1, 0.15) is 16.2 Å². The van der Waals surface area contributed by atoms with Crippen LogP contribution in [0.4, 0.5) is 5.69 Å². The lowest BCUT2D eigenvalue weighted by atomic mass is 10.2. The van der Waals surface area contributed by atoms with Crippen LogP contribution >= 0.6 is 0 Å². The SMILES string of the molecule is Nc1cccc(C(=O)O)c1OCc1ncccn1. The molecule has 3 N–H and O–H groups in total. The number of aromatic nitrogens is 2. The van der Waals surface area contributed by atoms with E-state index in [1.807, 2.05) is 0 Å². The van der Waals surface area contributed by atoms with Gasteiger partial charge in [-0.15, -0.1) is 0 Å². The average molecular weight is 245 g/mol. The number of hydrogen-bond acceptors (Lipinski definition) is 5. The molecule has 0 aliphatic heterocycles. The number of ether oxygens (including phenoxy) is 1. The highest BCUT2D eigenvalue weighted by molar-refractivity contribution is 5.93. The van der Waals surface area contributed by atoms with E-state index < -0.39 is 5.97 Å². The molecular formula is C12H11N3O3. The normalized spacial score (nSPS) is 10.0. The Balaban J connectivity index is 2.21. The van der Waals surface area contributed by atoms with Crippen molar-refractivity contribution in [3.8, 4) is 5.75 Å². The van der Waals surface area contributed by atoms with Crippen molar-refractivity contribution < 1.29 is 14.6 Å². The molecule has 0 aliphatic rings. The van der Waals surface area contributed by atoms with Crippen molar-refractivity contribution in [3.05, 3.63) is 48.0 Å². The lowest BCUT2D eigenvalue weighted by Crippen LogP contribution is -2.07. The van der Waals surface area contributed by atoms with Crippen molar-refractivity contribution in [2.24, 2.45) is 0 Å². The van der Waals surface area contributed by atoms with Crippen molar-refractivity contribution in [2.75, 3.05) is 5.73 Å². The highest BCUT2D eigenvalue weighted by atomic mass is 16.5. The molecule has 0 radical (unpaired) electrons. The van der Waals surface area contributed by atoms with Gasteiger partial charge in [-0.2, -0.15) is 0 Å². The van der Waals surface area contributed by atoms with Crippen LogP contribution in [0.2, 0.25) is 0 Å². The molecule has 1 aromatic heterocycles. The minimum atomic E-state index is -1.09. The number of aromatic carboxylic acids is 1. The first-order valence-corrected chi connectivity index (χ1v) is 5.19. The Hall–Kier alpha value is -2.63. The zero-order valence-corrected chi connectivity index (χ0v) is 9.41. The van der Waals surface area contributed by atoms with Gasteiger partial charge in [0.05, 0.1) is 5.69 Å². The van der Waals surface area contributed by atoms with Gasteiger partial charge in [0, 0.05) is 12.4 Å². The smallest absolute Gasteiger partial charge is 0.339 e. The van der Waals surface area contributed by atoms with E-state index in [2.05, 4.69) is 9.97 Å². The van der Waals surface area contributed by atoms with Crippen LogP contribution in [0.25, 0.3) is 0 Å². The van der Waals surface area contributed by atoms with E-state index in [1.165, 1.54) is 6.07 Å². The fourth-order valence-electron chi connectivity index (χ4n) is 1.43. The van der Waals surface area contributed by atoms with Gasteiger partial charge in [0.25, 0.3) is 0 Å². The number of hydrogen-bond donors (Lipinski definition) is 2. The van der Waals surface area contributed by atoms with Crippen LogP contribution in [0.15, 0.2) is 36.7 Å². The summed E-state index contributed by atoms with van der Waals surface area (Å²) in [7, 11) is 0. The monoisotopic (exact) mass is 245 g/mol. The molecule has 0 amide bonds. The van der Waals surface area contributed by atoms with Gasteiger partial charge in [-0.25, -0.2) is 14.8 Å². The number of carboxylic acids is 1. The summed E-state index contributed by atoms with van der Waals surface area (Å²) in [6.45, 7) is 0.0648. The first kappa shape index (κ1) is 11.8. The van der Waals surface area contributed by atoms with E-state index in [-0.39, 0.29) is 23.6 Å². The van der Waals surface area contributed by atoms with Crippen LogP contribution in [-0.2, 0) is 6.61 Å². The summed E-state index contributed by atoms with van der Waals surface area (Å²) in [6.07, 6.45) is 3.16. The highest BCUT2D eigenvalue weighted by Gasteiger charge is 2.14. The number of nitrogen functional groups attached to an aromatic ring is 1. The van der Waals surface area contributed by atoms with Crippen molar-refractivity contribution in [3.63, 3.8) is 0 Å². The molecule has 0 aliphatic carbocycles. The number of anilines is 1. The molecule has 1 aromatic carbocycles. The zero-order chi connectivity index (χ0) is 13.0. The molecule has 18 heavy (non-hydrogen) atoms. The summed E-state index contributed by atoms with van der Waals surface area (Å²) in [5, 5.41) is 9.02. The molecule has 2 aromatic rings. The maximum absolute atomic E-state index is 11.0. The Morgan fingerprint density at radius 2 is 2.00 bits per heavy atom. The average Bonchev–Trinajstić information content (AvgIpc) is 2.38. The third-order valence-electron chi connectivity index (χ3n) is 2.24. The number of rotatable bonds is 4. The fraction of sp³-hybridized carbons (Fsp3) is 0.0833. The molecule has 6 nitrogen and oxygen atoms in total. The van der Waals surface area contributed by atoms with Crippen molar-refractivity contribution in [1.82, 2.24) is 9.97 Å². The molecule has 92 valence electrons. The standard InChI is InChI=1S/C12H11N3O3/c13-9-4-1-3-8(12(16)17)11(9)18-7-10-14-5-2-6-15-10/h1-6H,7,13H2,(H,16,17). The summed E-state index contributed by atoms with van der Waals surface area (Å²) < 4.78 is 5.38. The Bertz CT molecular complexity index is 558. The molecule has 2 rings (SSSR count). The molecule has 0 spiro atoms. The van der Waals surface area contributed by atoms with E-state index in [4.69, 9.17) is 15.6 Å². The van der Waals surface area contributed by atoms with Crippen molar-refractivity contribution in [2.45, 2.75) is 6.61 Å². The lowest BCUT2D eigenvalue weighted by molar-refractivity contribution is 0.0691. The van der Waals surface area contributed by atoms with Crippen LogP contribution < -0.4 is 10.5 Å². The second kappa shape index (κ2) is 5.13. The van der Waals surface area contributed by atoms with Crippen LogP contribution in [0.5, 0.6) is 5.75 Å². The number of carbonyl (C=O) groups is 1. The van der Waals surface area contributed by atoms with E-state index in [9.17, 15) is 4.79 Å².